The average molecular weight is 502 g/mol. The van der Waals surface area contributed by atoms with E-state index in [4.69, 9.17) is 14.5 Å². The number of phosphoric acid groups is 1. The molecule has 2 aromatic rings. The van der Waals surface area contributed by atoms with E-state index in [2.05, 4.69) is 14.5 Å². The van der Waals surface area contributed by atoms with Crippen LogP contribution in [-0.2, 0) is 23.7 Å². The maximum Gasteiger partial charge on any atom is 0.469 e. The number of carbonyl (C=O) groups excluding carboxylic acids is 1. The third-order valence-electron chi connectivity index (χ3n) is 5.14. The third-order valence-corrected chi connectivity index (χ3v) is 7.24. The van der Waals surface area contributed by atoms with Gasteiger partial charge in [0.25, 0.3) is 0 Å². The van der Waals surface area contributed by atoms with Crippen molar-refractivity contribution >= 4 is 35.4 Å². The Kier molecular flexibility index (Phi) is 6.38. The molecule has 2 saturated heterocycles. The fourth-order valence-corrected chi connectivity index (χ4v) is 5.00. The number of halogens is 1. The molecule has 0 bridgehead atoms. The molecule has 0 saturated carbocycles. The zero-order chi connectivity index (χ0) is 23.8. The van der Waals surface area contributed by atoms with Crippen molar-refractivity contribution in [2.75, 3.05) is 47.5 Å². The van der Waals surface area contributed by atoms with Gasteiger partial charge in [-0.3, -0.25) is 9.42 Å². The second-order valence-corrected chi connectivity index (χ2v) is 11.0. The summed E-state index contributed by atoms with van der Waals surface area (Å²) in [7, 11) is -7.74. The summed E-state index contributed by atoms with van der Waals surface area (Å²) < 4.78 is 58.1. The molecule has 0 aliphatic carbocycles. The summed E-state index contributed by atoms with van der Waals surface area (Å²) in [5.74, 6) is -0.233. The Morgan fingerprint density at radius 1 is 1.21 bits per heavy atom. The normalized spacial score (nSPS) is 20.7. The van der Waals surface area contributed by atoms with Gasteiger partial charge in [0, 0.05) is 36.6 Å². The van der Waals surface area contributed by atoms with Gasteiger partial charge in [0.1, 0.15) is 11.9 Å². The summed E-state index contributed by atoms with van der Waals surface area (Å²) in [6.07, 6.45) is 1.16. The molecule has 3 heterocycles. The van der Waals surface area contributed by atoms with Crippen molar-refractivity contribution in [3.63, 3.8) is 0 Å². The average Bonchev–Trinajstić information content (AvgIpc) is 3.13. The van der Waals surface area contributed by atoms with E-state index in [1.54, 1.807) is 4.90 Å². The molecule has 2 fully saturated rings. The van der Waals surface area contributed by atoms with Gasteiger partial charge < -0.3 is 19.4 Å². The summed E-state index contributed by atoms with van der Waals surface area (Å²) in [6.45, 7) is 0.00837. The molecule has 0 radical (unpaired) electrons. The SMILES string of the molecule is O=C1O[C@@H](COP(=O)(O)O)CN1c1ccc(-c2cnc(N3CCS(=O)(=O)CC3)nc2)c(F)c1. The van der Waals surface area contributed by atoms with Gasteiger partial charge in [0.15, 0.2) is 9.84 Å². The molecule has 2 aliphatic rings. The number of sulfone groups is 1. The van der Waals surface area contributed by atoms with Crippen LogP contribution in [-0.4, -0.2) is 78.1 Å². The van der Waals surface area contributed by atoms with Crippen molar-refractivity contribution < 1.29 is 41.2 Å². The van der Waals surface area contributed by atoms with Crippen LogP contribution in [0.25, 0.3) is 11.1 Å². The first-order valence-corrected chi connectivity index (χ1v) is 13.1. The van der Waals surface area contributed by atoms with Crippen LogP contribution in [0.1, 0.15) is 0 Å². The van der Waals surface area contributed by atoms with Gasteiger partial charge in [-0.25, -0.2) is 32.1 Å². The van der Waals surface area contributed by atoms with E-state index >= 15 is 0 Å². The lowest BCUT2D eigenvalue weighted by Crippen LogP contribution is -2.41. The third kappa shape index (κ3) is 5.65. The fraction of sp³-hybridized carbons (Fsp3) is 0.389. The van der Waals surface area contributed by atoms with E-state index < -0.39 is 42.3 Å². The number of amides is 1. The number of anilines is 2. The van der Waals surface area contributed by atoms with E-state index in [0.29, 0.717) is 11.5 Å². The first kappa shape index (κ1) is 23.5. The molecule has 33 heavy (non-hydrogen) atoms. The number of rotatable bonds is 6. The highest BCUT2D eigenvalue weighted by Crippen LogP contribution is 2.37. The monoisotopic (exact) mass is 502 g/mol. The second kappa shape index (κ2) is 8.95. The van der Waals surface area contributed by atoms with E-state index in [-0.39, 0.29) is 42.4 Å². The van der Waals surface area contributed by atoms with Gasteiger partial charge in [-0.1, -0.05) is 0 Å². The maximum atomic E-state index is 14.8. The van der Waals surface area contributed by atoms with Crippen LogP contribution in [0.2, 0.25) is 0 Å². The van der Waals surface area contributed by atoms with Crippen LogP contribution in [0.5, 0.6) is 0 Å². The fourth-order valence-electron chi connectivity index (χ4n) is 3.44. The van der Waals surface area contributed by atoms with Crippen LogP contribution < -0.4 is 9.80 Å². The van der Waals surface area contributed by atoms with E-state index in [1.807, 2.05) is 0 Å². The molecule has 1 atom stereocenters. The van der Waals surface area contributed by atoms with Crippen molar-refractivity contribution in [1.29, 1.82) is 0 Å². The summed E-state index contributed by atoms with van der Waals surface area (Å²) in [5, 5.41) is 0. The van der Waals surface area contributed by atoms with Crippen molar-refractivity contribution in [3.8, 4) is 11.1 Å². The molecule has 1 amide bonds. The number of hydrogen-bond acceptors (Lipinski definition) is 9. The highest BCUT2D eigenvalue weighted by molar-refractivity contribution is 7.91. The lowest BCUT2D eigenvalue weighted by atomic mass is 10.1. The Bertz CT molecular complexity index is 1190. The summed E-state index contributed by atoms with van der Waals surface area (Å²) in [5.41, 5.74) is 0.789. The van der Waals surface area contributed by atoms with Crippen molar-refractivity contribution in [3.05, 3.63) is 36.4 Å². The van der Waals surface area contributed by atoms with Crippen LogP contribution in [0.4, 0.5) is 20.8 Å². The zero-order valence-electron chi connectivity index (χ0n) is 17.1. The van der Waals surface area contributed by atoms with E-state index in [0.717, 1.165) is 11.0 Å². The second-order valence-electron chi connectivity index (χ2n) is 7.48. The molecule has 0 spiro atoms. The molecule has 2 N–H and O–H groups in total. The van der Waals surface area contributed by atoms with Crippen LogP contribution in [0.15, 0.2) is 30.6 Å². The predicted molar refractivity (Wildman–Crippen MR) is 114 cm³/mol. The molecule has 1 aromatic heterocycles. The number of cyclic esters (lactones) is 1. The minimum absolute atomic E-state index is 0.0272. The van der Waals surface area contributed by atoms with Gasteiger partial charge in [-0.05, 0) is 18.2 Å². The Balaban J connectivity index is 1.44. The topological polar surface area (TPSA) is 159 Å². The Labute approximate surface area is 188 Å². The largest absolute Gasteiger partial charge is 0.469 e. The van der Waals surface area contributed by atoms with Crippen LogP contribution in [0.3, 0.4) is 0 Å². The number of carbonyl (C=O) groups is 1. The molecule has 15 heteroatoms. The summed E-state index contributed by atoms with van der Waals surface area (Å²) in [4.78, 5) is 40.9. The molecule has 0 unspecified atom stereocenters. The smallest absolute Gasteiger partial charge is 0.441 e. The lowest BCUT2D eigenvalue weighted by Gasteiger charge is -2.26. The van der Waals surface area contributed by atoms with E-state index in [1.165, 1.54) is 24.5 Å². The van der Waals surface area contributed by atoms with Gasteiger partial charge in [0.05, 0.1) is 30.3 Å². The standard InChI is InChI=1S/C18H20FN4O8PS/c19-16-7-13(23-10-14(31-18(23)24)11-30-32(25,26)27)1-2-15(16)12-8-20-17(21-9-12)22-3-5-33(28,29)6-4-22/h1-2,7-9,14H,3-6,10-11H2,(H2,25,26,27)/t14-/m1/s1. The maximum absolute atomic E-state index is 14.8. The minimum Gasteiger partial charge on any atom is -0.441 e. The number of nitrogens with zero attached hydrogens (tertiary/aromatic N) is 4. The minimum atomic E-state index is -4.71. The molecule has 12 nitrogen and oxygen atoms in total. The van der Waals surface area contributed by atoms with Gasteiger partial charge in [0.2, 0.25) is 5.95 Å². The van der Waals surface area contributed by atoms with Crippen LogP contribution in [0, 0.1) is 5.82 Å². The first-order chi connectivity index (χ1) is 15.5. The summed E-state index contributed by atoms with van der Waals surface area (Å²) >= 11 is 0. The zero-order valence-corrected chi connectivity index (χ0v) is 18.8. The lowest BCUT2D eigenvalue weighted by molar-refractivity contribution is 0.0880. The van der Waals surface area contributed by atoms with Crippen molar-refractivity contribution in [1.82, 2.24) is 9.97 Å². The number of hydrogen-bond donors (Lipinski definition) is 2. The Morgan fingerprint density at radius 2 is 1.88 bits per heavy atom. The quantitative estimate of drug-likeness (QED) is 0.542. The van der Waals surface area contributed by atoms with E-state index in [9.17, 15) is 22.2 Å². The Morgan fingerprint density at radius 3 is 2.48 bits per heavy atom. The molecule has 4 rings (SSSR count). The number of ether oxygens (including phenoxy) is 1. The highest BCUT2D eigenvalue weighted by atomic mass is 32.2. The van der Waals surface area contributed by atoms with Crippen molar-refractivity contribution in [2.24, 2.45) is 0 Å². The molecular formula is C18H20FN4O8PS. The van der Waals surface area contributed by atoms with Gasteiger partial charge in [-0.15, -0.1) is 0 Å². The number of phosphoric ester groups is 1. The summed E-state index contributed by atoms with van der Waals surface area (Å²) in [6, 6.07) is 4.07. The molecule has 1 aromatic carbocycles. The molecular weight excluding hydrogens is 482 g/mol. The van der Waals surface area contributed by atoms with Crippen molar-refractivity contribution in [2.45, 2.75) is 6.10 Å². The van der Waals surface area contributed by atoms with Gasteiger partial charge in [-0.2, -0.15) is 0 Å². The van der Waals surface area contributed by atoms with Gasteiger partial charge >= 0.3 is 13.9 Å². The highest BCUT2D eigenvalue weighted by Gasteiger charge is 2.34. The van der Waals surface area contributed by atoms with Crippen LogP contribution >= 0.6 is 7.82 Å². The predicted octanol–water partition coefficient (Wildman–Crippen LogP) is 0.952. The molecule has 178 valence electrons. The number of aromatic nitrogens is 2. The first-order valence-electron chi connectivity index (χ1n) is 9.76. The Hall–Kier alpha value is -2.64. The molecule has 2 aliphatic heterocycles. The number of benzene rings is 1.